The Hall–Kier alpha value is -0.320. The van der Waals surface area contributed by atoms with Crippen LogP contribution in [0.5, 0.6) is 0 Å². The molecule has 1 aromatic heterocycles. The molecule has 1 saturated carbocycles. The molecular formula is C14H23BrN2O. The molecule has 0 aromatic carbocycles. The third-order valence-corrected chi connectivity index (χ3v) is 4.46. The Bertz CT molecular complexity index is 366. The van der Waals surface area contributed by atoms with Crippen LogP contribution in [0.1, 0.15) is 38.4 Å². The SMILES string of the molecule is CCN(Cc1ccc(Br)o1)C1CCCCC1CN. The number of furan rings is 1. The van der Waals surface area contributed by atoms with Crippen LogP contribution < -0.4 is 5.73 Å². The molecule has 1 aliphatic rings. The monoisotopic (exact) mass is 314 g/mol. The first-order chi connectivity index (χ1) is 8.74. The summed E-state index contributed by atoms with van der Waals surface area (Å²) in [6.07, 6.45) is 5.22. The molecule has 102 valence electrons. The summed E-state index contributed by atoms with van der Waals surface area (Å²) < 4.78 is 6.43. The quantitative estimate of drug-likeness (QED) is 0.906. The van der Waals surface area contributed by atoms with E-state index in [1.54, 1.807) is 0 Å². The topological polar surface area (TPSA) is 42.4 Å². The van der Waals surface area contributed by atoms with Gasteiger partial charge in [-0.3, -0.25) is 4.90 Å². The van der Waals surface area contributed by atoms with Crippen molar-refractivity contribution < 1.29 is 4.42 Å². The highest BCUT2D eigenvalue weighted by atomic mass is 79.9. The Morgan fingerprint density at radius 1 is 1.39 bits per heavy atom. The summed E-state index contributed by atoms with van der Waals surface area (Å²) in [6.45, 7) is 4.98. The fourth-order valence-electron chi connectivity index (χ4n) is 3.04. The van der Waals surface area contributed by atoms with E-state index in [1.807, 2.05) is 12.1 Å². The maximum Gasteiger partial charge on any atom is 0.169 e. The van der Waals surface area contributed by atoms with Crippen LogP contribution in [0.3, 0.4) is 0 Å². The smallest absolute Gasteiger partial charge is 0.169 e. The van der Waals surface area contributed by atoms with Crippen LogP contribution in [0.25, 0.3) is 0 Å². The van der Waals surface area contributed by atoms with Gasteiger partial charge < -0.3 is 10.2 Å². The van der Waals surface area contributed by atoms with Crippen LogP contribution in [-0.2, 0) is 6.54 Å². The van der Waals surface area contributed by atoms with Crippen LogP contribution in [0.2, 0.25) is 0 Å². The van der Waals surface area contributed by atoms with E-state index in [1.165, 1.54) is 25.7 Å². The van der Waals surface area contributed by atoms with Crippen molar-refractivity contribution in [2.75, 3.05) is 13.1 Å². The molecule has 0 bridgehead atoms. The summed E-state index contributed by atoms with van der Waals surface area (Å²) >= 11 is 3.36. The van der Waals surface area contributed by atoms with Crippen molar-refractivity contribution in [3.8, 4) is 0 Å². The average Bonchev–Trinajstić information content (AvgIpc) is 2.81. The first-order valence-corrected chi connectivity index (χ1v) is 7.72. The van der Waals surface area contributed by atoms with Crippen LogP contribution in [0.15, 0.2) is 21.2 Å². The van der Waals surface area contributed by atoms with Gasteiger partial charge in [-0.15, -0.1) is 0 Å². The van der Waals surface area contributed by atoms with Gasteiger partial charge in [0.15, 0.2) is 4.67 Å². The van der Waals surface area contributed by atoms with Gasteiger partial charge in [0, 0.05) is 6.04 Å². The molecule has 2 atom stereocenters. The Morgan fingerprint density at radius 2 is 2.17 bits per heavy atom. The molecule has 0 saturated heterocycles. The molecule has 1 aliphatic carbocycles. The average molecular weight is 315 g/mol. The molecule has 1 heterocycles. The largest absolute Gasteiger partial charge is 0.453 e. The van der Waals surface area contributed by atoms with Crippen molar-refractivity contribution in [2.24, 2.45) is 11.7 Å². The van der Waals surface area contributed by atoms with Crippen molar-refractivity contribution in [3.63, 3.8) is 0 Å². The summed E-state index contributed by atoms with van der Waals surface area (Å²) in [4.78, 5) is 2.52. The number of rotatable bonds is 5. The minimum Gasteiger partial charge on any atom is -0.453 e. The zero-order valence-corrected chi connectivity index (χ0v) is 12.7. The second kappa shape index (κ2) is 6.73. The highest BCUT2D eigenvalue weighted by Gasteiger charge is 2.28. The summed E-state index contributed by atoms with van der Waals surface area (Å²) in [5.41, 5.74) is 5.93. The summed E-state index contributed by atoms with van der Waals surface area (Å²) in [5, 5.41) is 0. The van der Waals surface area contributed by atoms with Gasteiger partial charge in [0.25, 0.3) is 0 Å². The molecule has 3 nitrogen and oxygen atoms in total. The van der Waals surface area contributed by atoms with Crippen molar-refractivity contribution in [3.05, 3.63) is 22.6 Å². The second-order valence-corrected chi connectivity index (χ2v) is 5.90. The van der Waals surface area contributed by atoms with Crippen molar-refractivity contribution in [1.29, 1.82) is 0 Å². The predicted octanol–water partition coefficient (Wildman–Crippen LogP) is 3.38. The normalized spacial score (nSPS) is 24.7. The zero-order valence-electron chi connectivity index (χ0n) is 11.1. The van der Waals surface area contributed by atoms with Gasteiger partial charge in [-0.05, 0) is 59.9 Å². The third-order valence-electron chi connectivity index (χ3n) is 4.03. The van der Waals surface area contributed by atoms with E-state index in [0.717, 1.165) is 30.1 Å². The Morgan fingerprint density at radius 3 is 2.78 bits per heavy atom. The maximum absolute atomic E-state index is 5.93. The molecule has 2 N–H and O–H groups in total. The molecule has 0 radical (unpaired) electrons. The maximum atomic E-state index is 5.93. The second-order valence-electron chi connectivity index (χ2n) is 5.12. The minimum atomic E-state index is 0.623. The van der Waals surface area contributed by atoms with E-state index in [0.29, 0.717) is 12.0 Å². The molecule has 1 fully saturated rings. The van der Waals surface area contributed by atoms with Gasteiger partial charge in [-0.25, -0.2) is 0 Å². The Kier molecular flexibility index (Phi) is 5.27. The Labute approximate surface area is 118 Å². The number of nitrogens with zero attached hydrogens (tertiary/aromatic N) is 1. The molecule has 1 aromatic rings. The summed E-state index contributed by atoms with van der Waals surface area (Å²) in [7, 11) is 0. The van der Waals surface area contributed by atoms with E-state index in [-0.39, 0.29) is 0 Å². The lowest BCUT2D eigenvalue weighted by atomic mass is 9.83. The highest BCUT2D eigenvalue weighted by molar-refractivity contribution is 9.10. The lowest BCUT2D eigenvalue weighted by Gasteiger charge is -2.38. The van der Waals surface area contributed by atoms with E-state index in [2.05, 4.69) is 27.8 Å². The van der Waals surface area contributed by atoms with Gasteiger partial charge >= 0.3 is 0 Å². The van der Waals surface area contributed by atoms with Crippen LogP contribution >= 0.6 is 15.9 Å². The molecule has 4 heteroatoms. The van der Waals surface area contributed by atoms with Gasteiger partial charge in [0.05, 0.1) is 6.54 Å². The predicted molar refractivity (Wildman–Crippen MR) is 77.3 cm³/mol. The summed E-state index contributed by atoms with van der Waals surface area (Å²) in [6, 6.07) is 4.63. The van der Waals surface area contributed by atoms with Gasteiger partial charge in [-0.2, -0.15) is 0 Å². The minimum absolute atomic E-state index is 0.623. The third kappa shape index (κ3) is 3.37. The number of nitrogens with two attached hydrogens (primary N) is 1. The zero-order chi connectivity index (χ0) is 13.0. The van der Waals surface area contributed by atoms with E-state index in [9.17, 15) is 0 Å². The Balaban J connectivity index is 2.02. The number of hydrogen-bond donors (Lipinski definition) is 1. The van der Waals surface area contributed by atoms with Crippen LogP contribution in [-0.4, -0.2) is 24.0 Å². The van der Waals surface area contributed by atoms with Crippen molar-refractivity contribution in [2.45, 2.75) is 45.2 Å². The van der Waals surface area contributed by atoms with E-state index < -0.39 is 0 Å². The van der Waals surface area contributed by atoms with Crippen LogP contribution in [0, 0.1) is 5.92 Å². The fourth-order valence-corrected chi connectivity index (χ4v) is 3.38. The molecule has 0 aliphatic heterocycles. The van der Waals surface area contributed by atoms with Gasteiger partial charge in [0.1, 0.15) is 5.76 Å². The molecule has 2 unspecified atom stereocenters. The van der Waals surface area contributed by atoms with Gasteiger partial charge in [0.2, 0.25) is 0 Å². The fraction of sp³-hybridized carbons (Fsp3) is 0.714. The molecule has 2 rings (SSSR count). The van der Waals surface area contributed by atoms with E-state index >= 15 is 0 Å². The standard InChI is InChI=1S/C14H23BrN2O/c1-2-17(10-12-7-8-14(15)18-12)13-6-4-3-5-11(13)9-16/h7-8,11,13H,2-6,9-10,16H2,1H3. The van der Waals surface area contributed by atoms with E-state index in [4.69, 9.17) is 10.2 Å². The first kappa shape index (κ1) is 14.1. The van der Waals surface area contributed by atoms with Gasteiger partial charge in [-0.1, -0.05) is 19.8 Å². The van der Waals surface area contributed by atoms with Crippen LogP contribution in [0.4, 0.5) is 0 Å². The van der Waals surface area contributed by atoms with Crippen molar-refractivity contribution in [1.82, 2.24) is 4.90 Å². The number of hydrogen-bond acceptors (Lipinski definition) is 3. The molecule has 18 heavy (non-hydrogen) atoms. The molecular weight excluding hydrogens is 292 g/mol. The van der Waals surface area contributed by atoms with Crippen molar-refractivity contribution >= 4 is 15.9 Å². The first-order valence-electron chi connectivity index (χ1n) is 6.93. The highest BCUT2D eigenvalue weighted by Crippen LogP contribution is 2.29. The summed E-state index contributed by atoms with van der Waals surface area (Å²) in [5.74, 6) is 1.68. The molecule has 0 spiro atoms. The number of halogens is 1. The molecule has 0 amide bonds. The lowest BCUT2D eigenvalue weighted by Crippen LogP contribution is -2.44. The lowest BCUT2D eigenvalue weighted by molar-refractivity contribution is 0.0981.